The molecule has 14 nitrogen and oxygen atoms in total. The van der Waals surface area contributed by atoms with E-state index in [1.54, 1.807) is 26.4 Å². The number of ether oxygens (including phenoxy) is 6. The number of ketones is 1. The number of carbonyl (C=O) groups excluding carboxylic acids is 3. The number of carbonyl (C=O) groups is 3. The Labute approximate surface area is 481 Å². The van der Waals surface area contributed by atoms with Gasteiger partial charge in [-0.25, -0.2) is 4.79 Å². The Bertz CT molecular complexity index is 2880. The molecule has 0 N–H and O–H groups in total. The zero-order valence-electron chi connectivity index (χ0n) is 50.1. The van der Waals surface area contributed by atoms with Gasteiger partial charge in [0.2, 0.25) is 0 Å². The Balaban J connectivity index is 1.33. The first-order chi connectivity index (χ1) is 38.8. The van der Waals surface area contributed by atoms with E-state index in [0.717, 1.165) is 53.1 Å². The van der Waals surface area contributed by atoms with Gasteiger partial charge in [0.15, 0.2) is 20.6 Å². The molecule has 6 rings (SSSR count). The maximum atomic E-state index is 15.1. The molecule has 1 aliphatic heterocycles. The van der Waals surface area contributed by atoms with E-state index in [4.69, 9.17) is 32.8 Å². The number of hydrogen-bond donors (Lipinski definition) is 0. The summed E-state index contributed by atoms with van der Waals surface area (Å²) in [6.45, 7) is 17.9. The minimum atomic E-state index is -2.86. The molecule has 4 atom stereocenters. The van der Waals surface area contributed by atoms with Gasteiger partial charge >= 0.3 is 11.7 Å². The lowest BCUT2D eigenvalue weighted by Gasteiger charge is -2.40. The molecular formula is C66H90N2O12Si. The van der Waals surface area contributed by atoms with Gasteiger partial charge in [-0.1, -0.05) is 166 Å². The molecule has 0 radical (unpaired) electrons. The molecule has 1 aromatic heterocycles. The van der Waals surface area contributed by atoms with Crippen molar-refractivity contribution in [3.63, 3.8) is 0 Å². The molecule has 0 bridgehead atoms. The number of methoxy groups -OCH3 is 2. The summed E-state index contributed by atoms with van der Waals surface area (Å²) in [6, 6.07) is 29.1. The highest BCUT2D eigenvalue weighted by atomic mass is 28.4. The van der Waals surface area contributed by atoms with Crippen LogP contribution in [0.15, 0.2) is 113 Å². The zero-order chi connectivity index (χ0) is 58.7. The number of rotatable bonds is 32. The number of aryl methyl sites for hydroxylation is 1. The van der Waals surface area contributed by atoms with Crippen LogP contribution in [0.5, 0.6) is 17.2 Å². The number of unbranched alkanes of at least 4 members (excludes halogenated alkanes) is 13. The van der Waals surface area contributed by atoms with Gasteiger partial charge in [-0.3, -0.25) is 19.0 Å². The third-order valence-electron chi connectivity index (χ3n) is 16.2. The molecule has 0 spiro atoms. The highest BCUT2D eigenvalue weighted by molar-refractivity contribution is 6.74. The van der Waals surface area contributed by atoms with Crippen LogP contribution in [0.25, 0.3) is 0 Å². The predicted molar refractivity (Wildman–Crippen MR) is 320 cm³/mol. The predicted octanol–water partition coefficient (Wildman–Crippen LogP) is 13.8. The van der Waals surface area contributed by atoms with Gasteiger partial charge in [0.05, 0.1) is 33.9 Å². The van der Waals surface area contributed by atoms with E-state index < -0.39 is 66.6 Å². The van der Waals surface area contributed by atoms with Crippen LogP contribution in [0.1, 0.15) is 182 Å². The van der Waals surface area contributed by atoms with Crippen molar-refractivity contribution in [2.24, 2.45) is 0 Å². The third kappa shape index (κ3) is 16.8. The van der Waals surface area contributed by atoms with Crippen LogP contribution in [0.3, 0.4) is 0 Å². The highest BCUT2D eigenvalue weighted by Gasteiger charge is 2.54. The monoisotopic (exact) mass is 1130 g/mol. The van der Waals surface area contributed by atoms with Crippen LogP contribution in [0.4, 0.5) is 0 Å². The summed E-state index contributed by atoms with van der Waals surface area (Å²) >= 11 is 0. The first-order valence-electron chi connectivity index (χ1n) is 29.4. The van der Waals surface area contributed by atoms with Crippen LogP contribution in [-0.4, -0.2) is 80.9 Å². The van der Waals surface area contributed by atoms with E-state index in [-0.39, 0.29) is 30.8 Å². The van der Waals surface area contributed by atoms with Crippen molar-refractivity contribution < 1.29 is 47.2 Å². The Hall–Kier alpha value is -6.13. The topological polar surface area (TPSA) is 160 Å². The quantitative estimate of drug-likeness (QED) is 0.0174. The van der Waals surface area contributed by atoms with Gasteiger partial charge in [0.25, 0.3) is 11.5 Å². The zero-order valence-corrected chi connectivity index (χ0v) is 51.1. The van der Waals surface area contributed by atoms with Gasteiger partial charge in [-0.15, -0.1) is 0 Å². The largest absolute Gasteiger partial charge is 0.497 e. The van der Waals surface area contributed by atoms with Crippen LogP contribution in [-0.2, 0) is 33.8 Å². The number of aromatic nitrogens is 2. The van der Waals surface area contributed by atoms with Gasteiger partial charge < -0.3 is 37.6 Å². The van der Waals surface area contributed by atoms with Crippen molar-refractivity contribution in [2.45, 2.75) is 199 Å². The lowest BCUT2D eigenvalue weighted by atomic mass is 9.80. The van der Waals surface area contributed by atoms with Crippen molar-refractivity contribution in [1.29, 1.82) is 0 Å². The lowest BCUT2D eigenvalue weighted by molar-refractivity contribution is -0.159. The fourth-order valence-electron chi connectivity index (χ4n) is 10.2. The third-order valence-corrected chi connectivity index (χ3v) is 20.7. The molecule has 1 aliphatic rings. The van der Waals surface area contributed by atoms with Gasteiger partial charge in [0, 0.05) is 24.2 Å². The molecule has 81 heavy (non-hydrogen) atoms. The second-order valence-electron chi connectivity index (χ2n) is 23.2. The second-order valence-corrected chi connectivity index (χ2v) is 28.0. The standard InChI is InChI=1S/C66H90N2O12Si/c1-12-13-14-15-16-17-18-19-20-21-22-23-24-28-43-76-56-45-50(44-47(2)49(56)4)62(72)68-58(70)41-42-67(64(68)73)63-61(80-81(10,11)65(5,6)7)60(79-59(71)40-31-48(3)69)57(78-63)46-77-66(51-29-26-25-27-30-51,52-32-36-54(74-8)37-33-52)53-34-38-55(75-9)39-35-53/h25-27,29-30,32-39,41-42,44-45,57,60-61,63H,12-24,28,31,40,43,46H2,1-11H3/t57-,60+,61?,63-/m1/s1. The summed E-state index contributed by atoms with van der Waals surface area (Å²) in [5.41, 5.74) is 0.775. The number of benzene rings is 4. The smallest absolute Gasteiger partial charge is 0.340 e. The van der Waals surface area contributed by atoms with Crippen molar-refractivity contribution >= 4 is 26.0 Å². The normalized spacial score (nSPS) is 16.5. The summed E-state index contributed by atoms with van der Waals surface area (Å²) < 4.78 is 47.1. The fourth-order valence-corrected chi connectivity index (χ4v) is 11.5. The summed E-state index contributed by atoms with van der Waals surface area (Å²) in [7, 11) is 0.328. The SMILES string of the molecule is CCCCCCCCCCCCCCCCOc1cc(C(=O)n2c(=O)ccn([C@@H]3O[C@H](COC(c4ccccc4)(c4ccc(OC)cc4)c4ccc(OC)cc4)[C@H](OC(=O)CCC(C)=O)C3O[Si](C)(C)C(C)(C)C)c2=O)cc(C)c1C. The van der Waals surface area contributed by atoms with E-state index in [0.29, 0.717) is 28.4 Å². The Morgan fingerprint density at radius 2 is 1.20 bits per heavy atom. The fraction of sp³-hybridized carbons (Fsp3) is 0.530. The maximum Gasteiger partial charge on any atom is 0.340 e. The number of nitrogens with zero attached hydrogens (tertiary/aromatic N) is 2. The number of hydrogen-bond acceptors (Lipinski definition) is 12. The minimum absolute atomic E-state index is 0.0614. The molecule has 5 aromatic rings. The van der Waals surface area contributed by atoms with Gasteiger partial charge in [-0.05, 0) is 110 Å². The Morgan fingerprint density at radius 3 is 1.72 bits per heavy atom. The van der Waals surface area contributed by atoms with E-state index in [1.165, 1.54) is 88.3 Å². The Morgan fingerprint density at radius 1 is 0.667 bits per heavy atom. The molecule has 0 amide bonds. The summed E-state index contributed by atoms with van der Waals surface area (Å²) in [5, 5.41) is -0.393. The summed E-state index contributed by atoms with van der Waals surface area (Å²) in [5.74, 6) is 0.0476. The van der Waals surface area contributed by atoms with Crippen LogP contribution in [0.2, 0.25) is 18.1 Å². The van der Waals surface area contributed by atoms with Crippen molar-refractivity contribution in [1.82, 2.24) is 9.13 Å². The average molecular weight is 1130 g/mol. The van der Waals surface area contributed by atoms with E-state index in [9.17, 15) is 19.2 Å². The molecule has 2 heterocycles. The minimum Gasteiger partial charge on any atom is -0.497 e. The van der Waals surface area contributed by atoms with Crippen molar-refractivity contribution in [3.8, 4) is 17.2 Å². The molecule has 1 unspecified atom stereocenters. The molecule has 4 aromatic carbocycles. The Kier molecular flexibility index (Phi) is 23.9. The van der Waals surface area contributed by atoms with E-state index in [1.807, 2.05) is 106 Å². The number of Topliss-reactive ketones (excluding diaryl/α,β-unsaturated/α-hetero) is 1. The van der Waals surface area contributed by atoms with Gasteiger partial charge in [-0.2, -0.15) is 4.57 Å². The molecular weight excluding hydrogens is 1040 g/mol. The van der Waals surface area contributed by atoms with E-state index in [2.05, 4.69) is 27.7 Å². The molecule has 15 heteroatoms. The first kappa shape index (κ1) is 64.0. The maximum absolute atomic E-state index is 15.1. The molecule has 0 aliphatic carbocycles. The lowest BCUT2D eigenvalue weighted by Crippen LogP contribution is -2.52. The van der Waals surface area contributed by atoms with Crippen molar-refractivity contribution in [2.75, 3.05) is 27.4 Å². The molecule has 440 valence electrons. The highest BCUT2D eigenvalue weighted by Crippen LogP contribution is 2.46. The second kappa shape index (κ2) is 30.2. The summed E-state index contributed by atoms with van der Waals surface area (Å²) in [6.07, 6.45) is 13.5. The molecule has 0 saturated carbocycles. The number of esters is 1. The van der Waals surface area contributed by atoms with Crippen LogP contribution in [0, 0.1) is 13.8 Å². The average Bonchev–Trinajstić information content (AvgIpc) is 4.01. The molecule has 1 fully saturated rings. The van der Waals surface area contributed by atoms with Crippen LogP contribution >= 0.6 is 0 Å². The summed E-state index contributed by atoms with van der Waals surface area (Å²) in [4.78, 5) is 69.9. The first-order valence-corrected chi connectivity index (χ1v) is 32.3. The molecule has 1 saturated heterocycles. The van der Waals surface area contributed by atoms with Crippen molar-refractivity contribution in [3.05, 3.63) is 157 Å². The van der Waals surface area contributed by atoms with Crippen LogP contribution < -0.4 is 25.5 Å². The van der Waals surface area contributed by atoms with E-state index >= 15 is 4.79 Å². The van der Waals surface area contributed by atoms with Gasteiger partial charge in [0.1, 0.15) is 40.8 Å².